The number of nitrogens with zero attached hydrogens (tertiary/aromatic N) is 4. The summed E-state index contributed by atoms with van der Waals surface area (Å²) in [5.41, 5.74) is 2.71. The summed E-state index contributed by atoms with van der Waals surface area (Å²) in [6.07, 6.45) is 1.60. The van der Waals surface area contributed by atoms with Gasteiger partial charge in [-0.25, -0.2) is 9.80 Å². The lowest BCUT2D eigenvalue weighted by Crippen LogP contribution is -2.21. The molecule has 0 spiro atoms. The molecule has 2 heterocycles. The average molecular weight is 383 g/mol. The molecule has 0 bridgehead atoms. The molecule has 2 aromatic carbocycles. The van der Waals surface area contributed by atoms with Crippen LogP contribution in [0.25, 0.3) is 11.0 Å². The van der Waals surface area contributed by atoms with Gasteiger partial charge in [0.2, 0.25) is 0 Å². The van der Waals surface area contributed by atoms with Gasteiger partial charge in [0.25, 0.3) is 10.0 Å². The van der Waals surface area contributed by atoms with Gasteiger partial charge >= 0.3 is 5.69 Å². The Labute approximate surface area is 155 Å². The predicted molar refractivity (Wildman–Crippen MR) is 104 cm³/mol. The number of aryl methyl sites for hydroxylation is 1. The number of sulfonamides is 1. The Bertz CT molecular complexity index is 1270. The number of imidazole rings is 1. The first-order valence-electron chi connectivity index (χ1n) is 8.35. The first kappa shape index (κ1) is 17.2. The van der Waals surface area contributed by atoms with Crippen LogP contribution < -0.4 is 5.69 Å². The molecule has 0 saturated heterocycles. The fourth-order valence-electron chi connectivity index (χ4n) is 3.09. The van der Waals surface area contributed by atoms with Crippen molar-refractivity contribution in [3.05, 3.63) is 64.1 Å². The Kier molecular flexibility index (Phi) is 3.96. The summed E-state index contributed by atoms with van der Waals surface area (Å²) in [5, 5.41) is 5.75. The summed E-state index contributed by atoms with van der Waals surface area (Å²) in [6.45, 7) is 2.46. The number of rotatable bonds is 3. The van der Waals surface area contributed by atoms with E-state index < -0.39 is 10.0 Å². The van der Waals surface area contributed by atoms with Gasteiger partial charge in [0.1, 0.15) is 4.90 Å². The zero-order valence-electron chi connectivity index (χ0n) is 14.7. The highest BCUT2D eigenvalue weighted by molar-refractivity contribution is 7.90. The monoisotopic (exact) mass is 383 g/mol. The fraction of sp³-hybridized carbons (Fsp3) is 0.167. The summed E-state index contributed by atoms with van der Waals surface area (Å²) < 4.78 is 29.8. The van der Waals surface area contributed by atoms with Gasteiger partial charge in [-0.15, -0.1) is 4.40 Å². The van der Waals surface area contributed by atoms with E-state index in [0.29, 0.717) is 12.1 Å². The Morgan fingerprint density at radius 1 is 1.26 bits per heavy atom. The van der Waals surface area contributed by atoms with Crippen molar-refractivity contribution in [3.63, 3.8) is 0 Å². The minimum absolute atomic E-state index is 0.152. The van der Waals surface area contributed by atoms with Crippen molar-refractivity contribution >= 4 is 33.1 Å². The lowest BCUT2D eigenvalue weighted by Gasteiger charge is -2.12. The van der Waals surface area contributed by atoms with Crippen LogP contribution in [-0.2, 0) is 16.6 Å². The van der Waals surface area contributed by atoms with E-state index in [0.717, 1.165) is 16.6 Å². The van der Waals surface area contributed by atoms with Gasteiger partial charge in [-0.05, 0) is 36.8 Å². The zero-order chi connectivity index (χ0) is 19.2. The Morgan fingerprint density at radius 2 is 2.04 bits per heavy atom. The fourth-order valence-corrected chi connectivity index (χ4v) is 4.32. The van der Waals surface area contributed by atoms with Crippen molar-refractivity contribution in [2.24, 2.45) is 9.50 Å². The average Bonchev–Trinajstić information content (AvgIpc) is 3.12. The zero-order valence-corrected chi connectivity index (χ0v) is 15.6. The molecule has 0 fully saturated rings. The molecule has 8 nitrogen and oxygen atoms in total. The van der Waals surface area contributed by atoms with Gasteiger partial charge in [0.15, 0.2) is 5.84 Å². The summed E-state index contributed by atoms with van der Waals surface area (Å²) in [6, 6.07) is 12.2. The molecule has 1 aliphatic heterocycles. The van der Waals surface area contributed by atoms with Gasteiger partial charge in [0, 0.05) is 19.2 Å². The maximum absolute atomic E-state index is 12.2. The number of aromatic nitrogens is 2. The molecule has 27 heavy (non-hydrogen) atoms. The molecular formula is C18H17N5O3S. The first-order valence-corrected chi connectivity index (χ1v) is 9.79. The Morgan fingerprint density at radius 3 is 2.81 bits per heavy atom. The molecule has 0 saturated carbocycles. The van der Waals surface area contributed by atoms with Crippen molar-refractivity contribution in [1.29, 1.82) is 0 Å². The minimum atomic E-state index is -3.69. The number of amidine groups is 1. The number of benzene rings is 2. The number of H-pyrrole nitrogens is 1. The van der Waals surface area contributed by atoms with E-state index >= 15 is 0 Å². The van der Waals surface area contributed by atoms with Crippen LogP contribution in [0.2, 0.25) is 0 Å². The number of fused-ring (bicyclic) bond motifs is 2. The third-order valence-corrected chi connectivity index (χ3v) is 5.74. The van der Waals surface area contributed by atoms with Gasteiger partial charge in [-0.2, -0.15) is 13.5 Å². The second-order valence-corrected chi connectivity index (χ2v) is 7.68. The molecule has 3 aromatic rings. The van der Waals surface area contributed by atoms with Crippen LogP contribution in [-0.4, -0.2) is 42.1 Å². The normalized spacial score (nSPS) is 15.3. The van der Waals surface area contributed by atoms with E-state index in [9.17, 15) is 13.2 Å². The largest absolute Gasteiger partial charge is 0.326 e. The van der Waals surface area contributed by atoms with Gasteiger partial charge in [-0.1, -0.05) is 18.2 Å². The molecule has 1 N–H and O–H groups in total. The minimum Gasteiger partial charge on any atom is -0.306 e. The van der Waals surface area contributed by atoms with Crippen molar-refractivity contribution in [2.75, 3.05) is 7.05 Å². The first-order chi connectivity index (χ1) is 12.9. The maximum Gasteiger partial charge on any atom is 0.326 e. The van der Waals surface area contributed by atoms with E-state index in [1.807, 2.05) is 25.1 Å². The van der Waals surface area contributed by atoms with E-state index in [-0.39, 0.29) is 16.4 Å². The number of aromatic amines is 1. The van der Waals surface area contributed by atoms with Crippen molar-refractivity contribution in [1.82, 2.24) is 14.6 Å². The smallest absolute Gasteiger partial charge is 0.306 e. The Balaban J connectivity index is 1.68. The molecule has 9 heteroatoms. The van der Waals surface area contributed by atoms with E-state index in [1.54, 1.807) is 36.0 Å². The third kappa shape index (κ3) is 2.85. The molecule has 1 aliphatic rings. The summed E-state index contributed by atoms with van der Waals surface area (Å²) in [7, 11) is -2.04. The maximum atomic E-state index is 12.2. The third-order valence-electron chi connectivity index (χ3n) is 4.41. The van der Waals surface area contributed by atoms with Crippen molar-refractivity contribution < 1.29 is 8.42 Å². The van der Waals surface area contributed by atoms with Crippen LogP contribution in [0.5, 0.6) is 0 Å². The van der Waals surface area contributed by atoms with E-state index in [1.165, 1.54) is 11.1 Å². The quantitative estimate of drug-likeness (QED) is 0.550. The van der Waals surface area contributed by atoms with Gasteiger partial charge in [0.05, 0.1) is 17.2 Å². The van der Waals surface area contributed by atoms with Crippen LogP contribution in [0.1, 0.15) is 18.1 Å². The second-order valence-electron chi connectivity index (χ2n) is 6.11. The van der Waals surface area contributed by atoms with Crippen LogP contribution in [0.3, 0.4) is 0 Å². The second kappa shape index (κ2) is 6.20. The molecular weight excluding hydrogens is 366 g/mol. The van der Waals surface area contributed by atoms with Crippen LogP contribution in [0.15, 0.2) is 61.7 Å². The highest BCUT2D eigenvalue weighted by Crippen LogP contribution is 2.27. The summed E-state index contributed by atoms with van der Waals surface area (Å²) in [4.78, 5) is 14.9. The molecule has 1 aromatic heterocycles. The Hall–Kier alpha value is -3.20. The van der Waals surface area contributed by atoms with Crippen molar-refractivity contribution in [3.8, 4) is 0 Å². The predicted octanol–water partition coefficient (Wildman–Crippen LogP) is 1.76. The standard InChI is InChI=1S/C18H17N5O3S/c1-3-23-15-10-12(8-9-14(15)20-18(23)24)11-19-22(2)17-13-6-4-5-7-16(13)27(25,26)21-17/h4-11H,3H2,1-2H3,(H,20,24)/b19-11+. The highest BCUT2D eigenvalue weighted by atomic mass is 32.2. The molecule has 4 rings (SSSR count). The number of hydrazone groups is 1. The summed E-state index contributed by atoms with van der Waals surface area (Å²) in [5.74, 6) is 0.273. The number of hydrogen-bond acceptors (Lipinski definition) is 5. The van der Waals surface area contributed by atoms with Crippen LogP contribution in [0.4, 0.5) is 0 Å². The van der Waals surface area contributed by atoms with Crippen molar-refractivity contribution in [2.45, 2.75) is 18.4 Å². The molecule has 0 unspecified atom stereocenters. The lowest BCUT2D eigenvalue weighted by molar-refractivity contribution is 0.549. The molecule has 0 atom stereocenters. The van der Waals surface area contributed by atoms with Crippen LogP contribution in [0, 0.1) is 0 Å². The van der Waals surface area contributed by atoms with Crippen LogP contribution >= 0.6 is 0 Å². The highest BCUT2D eigenvalue weighted by Gasteiger charge is 2.30. The molecule has 0 aliphatic carbocycles. The molecule has 0 radical (unpaired) electrons. The SMILES string of the molecule is CCn1c(=O)[nH]c2ccc(/C=N/N(C)C3=NS(=O)(=O)c4ccccc43)cc21. The van der Waals surface area contributed by atoms with E-state index in [2.05, 4.69) is 14.5 Å². The molecule has 138 valence electrons. The number of nitrogens with one attached hydrogen (secondary N) is 1. The topological polar surface area (TPSA) is 99.9 Å². The molecule has 0 amide bonds. The lowest BCUT2D eigenvalue weighted by atomic mass is 10.2. The number of hydrogen-bond donors (Lipinski definition) is 1. The van der Waals surface area contributed by atoms with E-state index in [4.69, 9.17) is 0 Å². The summed E-state index contributed by atoms with van der Waals surface area (Å²) >= 11 is 0. The van der Waals surface area contributed by atoms with Gasteiger partial charge in [-0.3, -0.25) is 4.57 Å². The van der Waals surface area contributed by atoms with Gasteiger partial charge < -0.3 is 4.98 Å².